The molecule has 9 nitrogen and oxygen atoms in total. The summed E-state index contributed by atoms with van der Waals surface area (Å²) in [4.78, 5) is 35.4. The number of rotatable bonds is 69. The molecule has 2 unspecified atom stereocenters. The van der Waals surface area contributed by atoms with E-state index in [0.29, 0.717) is 6.42 Å². The van der Waals surface area contributed by atoms with Gasteiger partial charge in [-0.05, 0) is 141 Å². The normalized spacial score (nSPS) is 14.0. The maximum Gasteiger partial charge on any atom is 0.472 e. The first-order valence-electron chi connectivity index (χ1n) is 37.9. The zero-order chi connectivity index (χ0) is 68.6. The van der Waals surface area contributed by atoms with Crippen LogP contribution in [0.15, 0.2) is 194 Å². The summed E-state index contributed by atoms with van der Waals surface area (Å²) in [5, 5.41) is 0. The molecule has 0 aliphatic carbocycles. The molecular weight excluding hydrogens is 1190 g/mol. The SMILES string of the molecule is CC/C=C\C/C=C\C/C=C\C/C=C\C/C=C\C/C=C\C/C=C\C/C=C\C/C=C\C/C=C\C/C=C\C/C=C\CCCCC(=O)OC(COC(=O)CCCCCCCCCCCCCCCCCCCCCCCC/C=C\C/C=C\C/C=C\C/C=C\CC)COP(=O)(O)OCCN. The van der Waals surface area contributed by atoms with Gasteiger partial charge in [0.1, 0.15) is 6.61 Å². The standard InChI is InChI=1S/C85H138NO8P/c1-3-5-7-9-11-13-15-17-19-21-23-25-27-29-31-33-35-37-39-40-41-42-44-46-48-50-52-54-56-58-60-62-64-66-68-70-72-74-76-78-85(88)94-83(82-93-95(89,90)92-80-79-86)81-91-84(87)77-75-73-71-69-67-65-63-61-59-57-55-53-51-49-47-45-43-38-36-34-32-30-28-26-24-22-20-18-16-14-12-10-8-6-4-2/h5-8,11-14,17-20,23-26,29,31,35,37,40-41,44,46,50,52,56,58,62,64,68,70,83H,3-4,9-10,15-16,21-22,27-28,30,32-34,36,38-39,42-43,45,47-49,51,53-55,57,59-61,63,65-67,69,71-82,86H2,1-2H3,(H,89,90)/b7-5-,8-6-,13-11-,14-12-,19-17-,20-18-,25-23-,26-24-,31-29-,37-35-,41-40-,46-44-,52-50-,58-56-,64-62-,70-68-. The van der Waals surface area contributed by atoms with Gasteiger partial charge in [-0.1, -0.05) is 337 Å². The fourth-order valence-corrected chi connectivity index (χ4v) is 10.7. The van der Waals surface area contributed by atoms with E-state index in [1.54, 1.807) is 0 Å². The summed E-state index contributed by atoms with van der Waals surface area (Å²) in [5.41, 5.74) is 5.40. The van der Waals surface area contributed by atoms with E-state index in [4.69, 9.17) is 24.3 Å². The van der Waals surface area contributed by atoms with Crippen LogP contribution in [0, 0.1) is 0 Å². The molecule has 0 aromatic carbocycles. The molecule has 0 rings (SSSR count). The van der Waals surface area contributed by atoms with Crippen molar-refractivity contribution in [2.45, 2.75) is 302 Å². The quantitative estimate of drug-likeness (QED) is 0.0264. The Labute approximate surface area is 583 Å². The Hall–Kier alpha value is -5.15. The van der Waals surface area contributed by atoms with Crippen LogP contribution < -0.4 is 5.73 Å². The largest absolute Gasteiger partial charge is 0.472 e. The van der Waals surface area contributed by atoms with Gasteiger partial charge in [-0.3, -0.25) is 18.6 Å². The number of esters is 2. The molecule has 536 valence electrons. The number of allylic oxidation sites excluding steroid dienone is 32. The van der Waals surface area contributed by atoms with Crippen LogP contribution in [-0.4, -0.2) is 49.3 Å². The molecule has 3 N–H and O–H groups in total. The lowest BCUT2D eigenvalue weighted by Crippen LogP contribution is -2.29. The molecule has 0 aliphatic rings. The molecule has 0 bridgehead atoms. The number of carbonyl (C=O) groups is 2. The van der Waals surface area contributed by atoms with Gasteiger partial charge in [0, 0.05) is 19.4 Å². The summed E-state index contributed by atoms with van der Waals surface area (Å²) in [6.07, 6.45) is 118. The predicted octanol–water partition coefficient (Wildman–Crippen LogP) is 25.6. The van der Waals surface area contributed by atoms with E-state index in [0.717, 1.165) is 135 Å². The van der Waals surface area contributed by atoms with Crippen LogP contribution in [-0.2, 0) is 32.7 Å². The Kier molecular flexibility index (Phi) is 73.6. The van der Waals surface area contributed by atoms with Crippen molar-refractivity contribution in [1.82, 2.24) is 0 Å². The van der Waals surface area contributed by atoms with Crippen molar-refractivity contribution in [3.63, 3.8) is 0 Å². The van der Waals surface area contributed by atoms with Gasteiger partial charge in [-0.15, -0.1) is 0 Å². The van der Waals surface area contributed by atoms with Gasteiger partial charge >= 0.3 is 19.8 Å². The first-order chi connectivity index (χ1) is 46.8. The summed E-state index contributed by atoms with van der Waals surface area (Å²) < 4.78 is 33.2. The summed E-state index contributed by atoms with van der Waals surface area (Å²) in [6.45, 7) is 3.47. The number of carbonyl (C=O) groups excluding carboxylic acids is 2. The van der Waals surface area contributed by atoms with Crippen molar-refractivity contribution in [1.29, 1.82) is 0 Å². The molecule has 0 aromatic heterocycles. The number of hydrogen-bond acceptors (Lipinski definition) is 8. The van der Waals surface area contributed by atoms with Crippen molar-refractivity contribution in [3.8, 4) is 0 Å². The van der Waals surface area contributed by atoms with Gasteiger partial charge < -0.3 is 20.1 Å². The molecular formula is C85H138NO8P. The summed E-state index contributed by atoms with van der Waals surface area (Å²) in [7, 11) is -4.42. The molecule has 0 radical (unpaired) electrons. The third-order valence-electron chi connectivity index (χ3n) is 15.5. The second-order valence-electron chi connectivity index (χ2n) is 24.4. The van der Waals surface area contributed by atoms with Crippen molar-refractivity contribution in [2.75, 3.05) is 26.4 Å². The molecule has 10 heteroatoms. The molecule has 2 atom stereocenters. The van der Waals surface area contributed by atoms with E-state index < -0.39 is 32.5 Å². The Bertz CT molecular complexity index is 2270. The van der Waals surface area contributed by atoms with Crippen molar-refractivity contribution in [3.05, 3.63) is 194 Å². The molecule has 0 fully saturated rings. The second-order valence-corrected chi connectivity index (χ2v) is 25.9. The van der Waals surface area contributed by atoms with E-state index >= 15 is 0 Å². The summed E-state index contributed by atoms with van der Waals surface area (Å²) in [6, 6.07) is 0. The van der Waals surface area contributed by atoms with Gasteiger partial charge in [-0.2, -0.15) is 0 Å². The van der Waals surface area contributed by atoms with Gasteiger partial charge in [0.05, 0.1) is 13.2 Å². The molecule has 0 heterocycles. The minimum atomic E-state index is -4.42. The van der Waals surface area contributed by atoms with Crippen LogP contribution in [0.3, 0.4) is 0 Å². The maximum atomic E-state index is 12.8. The van der Waals surface area contributed by atoms with Crippen LogP contribution in [0.1, 0.15) is 296 Å². The van der Waals surface area contributed by atoms with Crippen LogP contribution in [0.5, 0.6) is 0 Å². The Morgan fingerprint density at radius 3 is 0.832 bits per heavy atom. The van der Waals surface area contributed by atoms with Crippen LogP contribution in [0.2, 0.25) is 0 Å². The third kappa shape index (κ3) is 77.7. The van der Waals surface area contributed by atoms with E-state index in [-0.39, 0.29) is 32.6 Å². The van der Waals surface area contributed by atoms with Crippen molar-refractivity contribution in [2.24, 2.45) is 5.73 Å². The number of phosphoric ester groups is 1. The van der Waals surface area contributed by atoms with Gasteiger partial charge in [0.15, 0.2) is 6.10 Å². The number of nitrogens with two attached hydrogens (primary N) is 1. The highest BCUT2D eigenvalue weighted by atomic mass is 31.2. The lowest BCUT2D eigenvalue weighted by Gasteiger charge is -2.19. The zero-order valence-electron chi connectivity index (χ0n) is 60.3. The maximum absolute atomic E-state index is 12.8. The fourth-order valence-electron chi connectivity index (χ4n) is 9.96. The van der Waals surface area contributed by atoms with Crippen LogP contribution in [0.4, 0.5) is 0 Å². The van der Waals surface area contributed by atoms with Gasteiger partial charge in [-0.25, -0.2) is 4.57 Å². The molecule has 0 saturated carbocycles. The summed E-state index contributed by atoms with van der Waals surface area (Å²) >= 11 is 0. The van der Waals surface area contributed by atoms with E-state index in [1.165, 1.54) is 128 Å². The average molecular weight is 1330 g/mol. The smallest absolute Gasteiger partial charge is 0.462 e. The minimum absolute atomic E-state index is 0.0377. The average Bonchev–Trinajstić information content (AvgIpc) is 3.16. The van der Waals surface area contributed by atoms with Gasteiger partial charge in [0.25, 0.3) is 0 Å². The highest BCUT2D eigenvalue weighted by Crippen LogP contribution is 2.43. The van der Waals surface area contributed by atoms with Gasteiger partial charge in [0.2, 0.25) is 0 Å². The van der Waals surface area contributed by atoms with E-state index in [1.807, 2.05) is 0 Å². The Balaban J connectivity index is 3.98. The highest BCUT2D eigenvalue weighted by Gasteiger charge is 2.26. The first-order valence-corrected chi connectivity index (χ1v) is 39.4. The molecule has 95 heavy (non-hydrogen) atoms. The first kappa shape index (κ1) is 89.8. The number of unbranched alkanes of at least 4 members (excludes halogenated alkanes) is 24. The van der Waals surface area contributed by atoms with Crippen LogP contribution >= 0.6 is 7.82 Å². The Morgan fingerprint density at radius 1 is 0.316 bits per heavy atom. The second kappa shape index (κ2) is 77.9. The minimum Gasteiger partial charge on any atom is -0.462 e. The third-order valence-corrected chi connectivity index (χ3v) is 16.5. The molecule has 0 spiro atoms. The van der Waals surface area contributed by atoms with Crippen LogP contribution in [0.25, 0.3) is 0 Å². The number of ether oxygens (including phenoxy) is 2. The summed E-state index contributed by atoms with van der Waals surface area (Å²) in [5.74, 6) is -0.883. The fraction of sp³-hybridized carbons (Fsp3) is 0.600. The molecule has 0 aromatic rings. The molecule has 0 amide bonds. The number of hydrogen-bond donors (Lipinski definition) is 2. The number of phosphoric acid groups is 1. The van der Waals surface area contributed by atoms with E-state index in [9.17, 15) is 19.0 Å². The van der Waals surface area contributed by atoms with Crippen molar-refractivity contribution < 1.29 is 37.6 Å². The Morgan fingerprint density at radius 2 is 0.547 bits per heavy atom. The zero-order valence-corrected chi connectivity index (χ0v) is 61.2. The monoisotopic (exact) mass is 1330 g/mol. The van der Waals surface area contributed by atoms with Crippen molar-refractivity contribution >= 4 is 19.8 Å². The predicted molar refractivity (Wildman–Crippen MR) is 412 cm³/mol. The molecule has 0 aliphatic heterocycles. The highest BCUT2D eigenvalue weighted by molar-refractivity contribution is 7.47. The lowest BCUT2D eigenvalue weighted by molar-refractivity contribution is -0.161. The van der Waals surface area contributed by atoms with E-state index in [2.05, 4.69) is 208 Å². The topological polar surface area (TPSA) is 134 Å². The lowest BCUT2D eigenvalue weighted by atomic mass is 10.0. The molecule has 0 saturated heterocycles.